The molecule has 0 aromatic heterocycles. The quantitative estimate of drug-likeness (QED) is 0.559. The van der Waals surface area contributed by atoms with Crippen LogP contribution < -0.4 is 0 Å². The van der Waals surface area contributed by atoms with Crippen LogP contribution in [0, 0.1) is 0 Å². The van der Waals surface area contributed by atoms with Crippen LogP contribution in [0.25, 0.3) is 0 Å². The average molecular weight is 206 g/mol. The second-order valence-corrected chi connectivity index (χ2v) is 0.779. The summed E-state index contributed by atoms with van der Waals surface area (Å²) in [6.07, 6.45) is 0. The van der Waals surface area contributed by atoms with E-state index in [0.717, 1.165) is 6.92 Å². The number of carbonyl (C=O) groups is 1. The van der Waals surface area contributed by atoms with Crippen molar-refractivity contribution in [2.75, 3.05) is 0 Å². The van der Waals surface area contributed by atoms with Crippen LogP contribution in [0.2, 0.25) is 0 Å². The van der Waals surface area contributed by atoms with Gasteiger partial charge in [-0.3, -0.25) is 4.79 Å². The summed E-state index contributed by atoms with van der Waals surface area (Å²) >= 11 is -1.44. The summed E-state index contributed by atoms with van der Waals surface area (Å²) in [4.78, 5) is 9.00. The molecule has 0 heterocycles. The molecule has 0 radical (unpaired) electrons. The van der Waals surface area contributed by atoms with Crippen LogP contribution in [-0.4, -0.2) is 11.1 Å². The van der Waals surface area contributed by atoms with Crippen molar-refractivity contribution in [1.82, 2.24) is 0 Å². The third-order valence-electron chi connectivity index (χ3n) is 0. The first-order valence-corrected chi connectivity index (χ1v) is 2.20. The summed E-state index contributed by atoms with van der Waals surface area (Å²) in [5.41, 5.74) is 0. The first kappa shape index (κ1) is 15.7. The molecule has 0 saturated heterocycles. The van der Waals surface area contributed by atoms with Gasteiger partial charge < -0.3 is 5.11 Å². The van der Waals surface area contributed by atoms with Crippen LogP contribution in [0.5, 0.6) is 0 Å². The third kappa shape index (κ3) is 22800. The Kier molecular flexibility index (Phi) is 30.8. The summed E-state index contributed by atoms with van der Waals surface area (Å²) in [6, 6.07) is 0. The van der Waals surface area contributed by atoms with Crippen LogP contribution in [0.4, 0.5) is 0 Å². The van der Waals surface area contributed by atoms with Gasteiger partial charge in [-0.1, -0.05) is 0 Å². The standard InChI is InChI=1S/C2H4O2.Mn.Ni.2O/c1-2(3)4;;;;/h1H3,(H,3,4);;;;. The van der Waals surface area contributed by atoms with Crippen molar-refractivity contribution in [3.8, 4) is 0 Å². The van der Waals surface area contributed by atoms with Gasteiger partial charge in [-0.15, -0.1) is 0 Å². The molecule has 0 unspecified atom stereocenters. The Labute approximate surface area is 62.1 Å². The fourth-order valence-electron chi connectivity index (χ4n) is 0. The molecule has 0 aliphatic heterocycles. The molecular formula is C2H4MnNiO4. The zero-order chi connectivity index (χ0) is 6.28. The Balaban J connectivity index is -0.0000000575. The molecule has 4 nitrogen and oxygen atoms in total. The van der Waals surface area contributed by atoms with E-state index in [4.69, 9.17) is 17.6 Å². The molecule has 0 aromatic carbocycles. The van der Waals surface area contributed by atoms with Crippen molar-refractivity contribution in [3.63, 3.8) is 0 Å². The third-order valence-corrected chi connectivity index (χ3v) is 0. The van der Waals surface area contributed by atoms with Crippen molar-refractivity contribution < 1.29 is 48.9 Å². The molecule has 0 atom stereocenters. The molecule has 0 fully saturated rings. The van der Waals surface area contributed by atoms with Crippen molar-refractivity contribution in [2.45, 2.75) is 6.92 Å². The van der Waals surface area contributed by atoms with Gasteiger partial charge in [0.1, 0.15) is 0 Å². The van der Waals surface area contributed by atoms with Crippen molar-refractivity contribution in [2.24, 2.45) is 0 Å². The molecule has 0 aliphatic carbocycles. The van der Waals surface area contributed by atoms with E-state index in [1.165, 1.54) is 0 Å². The van der Waals surface area contributed by atoms with Gasteiger partial charge in [-0.05, 0) is 0 Å². The summed E-state index contributed by atoms with van der Waals surface area (Å²) in [7, 11) is 0. The van der Waals surface area contributed by atoms with Gasteiger partial charge in [0.2, 0.25) is 0 Å². The van der Waals surface area contributed by atoms with Crippen LogP contribution in [0.15, 0.2) is 0 Å². The molecular weight excluding hydrogens is 202 g/mol. The van der Waals surface area contributed by atoms with E-state index in [1.807, 2.05) is 0 Å². The van der Waals surface area contributed by atoms with Gasteiger partial charge in [0.25, 0.3) is 5.97 Å². The number of carboxylic acids is 1. The first-order chi connectivity index (χ1) is 3.15. The maximum absolute atomic E-state index is 9.00. The Morgan fingerprint density at radius 1 is 1.50 bits per heavy atom. The number of carboxylic acid groups (broad SMARTS) is 1. The maximum atomic E-state index is 9.00. The fraction of sp³-hybridized carbons (Fsp3) is 0.500. The minimum atomic E-state index is -1.44. The fourth-order valence-corrected chi connectivity index (χ4v) is 0. The van der Waals surface area contributed by atoms with Crippen molar-refractivity contribution in [1.29, 1.82) is 0 Å². The van der Waals surface area contributed by atoms with Gasteiger partial charge in [0, 0.05) is 23.4 Å². The predicted molar refractivity (Wildman–Crippen MR) is 14.7 cm³/mol. The van der Waals surface area contributed by atoms with E-state index >= 15 is 0 Å². The van der Waals surface area contributed by atoms with Crippen LogP contribution in [-0.2, 0) is 43.8 Å². The predicted octanol–water partition coefficient (Wildman–Crippen LogP) is -0.152. The normalized spacial score (nSPS) is 4.62. The molecule has 53 valence electrons. The van der Waals surface area contributed by atoms with Gasteiger partial charge in [0.05, 0.1) is 0 Å². The van der Waals surface area contributed by atoms with E-state index in [0.29, 0.717) is 0 Å². The van der Waals surface area contributed by atoms with E-state index in [1.54, 1.807) is 0 Å². The Hall–Kier alpha value is 0.0830. The second-order valence-electron chi connectivity index (χ2n) is 0.582. The number of hydrogen-bond acceptors (Lipinski definition) is 3. The average Bonchev–Trinajstić information content (AvgIpc) is 1.33. The molecule has 0 rings (SSSR count). The van der Waals surface area contributed by atoms with Gasteiger partial charge in [-0.25, -0.2) is 0 Å². The molecule has 0 aliphatic rings. The van der Waals surface area contributed by atoms with Crippen LogP contribution in [0.1, 0.15) is 6.92 Å². The van der Waals surface area contributed by atoms with E-state index in [2.05, 4.69) is 0 Å². The molecule has 0 saturated carbocycles. The number of aliphatic carboxylic acids is 1. The molecule has 8 heavy (non-hydrogen) atoms. The molecule has 0 aromatic rings. The summed E-state index contributed by atoms with van der Waals surface area (Å²) in [5.74, 6) is -0.833. The van der Waals surface area contributed by atoms with Gasteiger partial charge >= 0.3 is 22.5 Å². The zero-order valence-corrected chi connectivity index (χ0v) is 6.03. The van der Waals surface area contributed by atoms with Crippen molar-refractivity contribution in [3.05, 3.63) is 0 Å². The van der Waals surface area contributed by atoms with E-state index in [9.17, 15) is 0 Å². The summed E-state index contributed by atoms with van der Waals surface area (Å²) < 4.78 is 16.8. The van der Waals surface area contributed by atoms with Gasteiger partial charge in [-0.2, -0.15) is 0 Å². The number of rotatable bonds is 0. The van der Waals surface area contributed by atoms with Crippen molar-refractivity contribution >= 4 is 5.97 Å². The van der Waals surface area contributed by atoms with Crippen LogP contribution in [0.3, 0.4) is 0 Å². The van der Waals surface area contributed by atoms with E-state index in [-0.39, 0.29) is 16.5 Å². The topological polar surface area (TPSA) is 71.4 Å². The Morgan fingerprint density at radius 3 is 1.50 bits per heavy atom. The zero-order valence-electron chi connectivity index (χ0n) is 3.87. The van der Waals surface area contributed by atoms with Gasteiger partial charge in [0.15, 0.2) is 0 Å². The second kappa shape index (κ2) is 15.7. The minimum absolute atomic E-state index is 0. The molecule has 0 spiro atoms. The first-order valence-electron chi connectivity index (χ1n) is 1.24. The monoisotopic (exact) mass is 205 g/mol. The summed E-state index contributed by atoms with van der Waals surface area (Å²) in [5, 5.41) is 7.42. The molecule has 0 bridgehead atoms. The van der Waals surface area contributed by atoms with Crippen LogP contribution >= 0.6 is 0 Å². The number of hydrogen-bond donors (Lipinski definition) is 1. The molecule has 6 heteroatoms. The summed E-state index contributed by atoms with van der Waals surface area (Å²) in [6.45, 7) is 1.08. The SMILES string of the molecule is CC(=O)O.[Ni].[O]=[Mn]=[O]. The Bertz CT molecular complexity index is 82.0. The molecule has 1 N–H and O–H groups in total. The molecule has 0 amide bonds. The van der Waals surface area contributed by atoms with E-state index < -0.39 is 20.8 Å². The Morgan fingerprint density at radius 2 is 1.50 bits per heavy atom.